The highest BCUT2D eigenvalue weighted by Gasteiger charge is 2.49. The molecule has 1 saturated carbocycles. The van der Waals surface area contributed by atoms with E-state index in [1.54, 1.807) is 11.3 Å². The Morgan fingerprint density at radius 1 is 1.33 bits per heavy atom. The molecule has 0 amide bonds. The van der Waals surface area contributed by atoms with Gasteiger partial charge in [0, 0.05) is 10.1 Å². The zero-order valence-electron chi connectivity index (χ0n) is 8.73. The minimum Gasteiger partial charge on any atom is -0.392 e. The van der Waals surface area contributed by atoms with Gasteiger partial charge in [-0.15, -0.1) is 11.3 Å². The molecule has 1 aromatic heterocycles. The minimum absolute atomic E-state index is 0.0691. The average molecular weight is 218 g/mol. The number of hydrogen-bond donors (Lipinski definition) is 1. The molecule has 3 rings (SSSR count). The summed E-state index contributed by atoms with van der Waals surface area (Å²) in [6, 6.07) is 8.48. The lowest BCUT2D eigenvalue weighted by molar-refractivity contribution is 0.151. The first-order valence-corrected chi connectivity index (χ1v) is 6.27. The van der Waals surface area contributed by atoms with Crippen LogP contribution in [0.5, 0.6) is 0 Å². The molecule has 2 aromatic rings. The van der Waals surface area contributed by atoms with Gasteiger partial charge in [0.2, 0.25) is 0 Å². The van der Waals surface area contributed by atoms with Crippen LogP contribution in [-0.2, 0) is 5.41 Å². The second kappa shape index (κ2) is 3.06. The highest BCUT2D eigenvalue weighted by molar-refractivity contribution is 7.17. The maximum Gasteiger partial charge on any atom is 0.0609 e. The standard InChI is InChI=1S/C13H14OS/c1-9(14)13(6-7-13)11-8-15-12-5-3-2-4-10(11)12/h2-5,8-9,14H,6-7H2,1H3. The first-order chi connectivity index (χ1) is 7.24. The van der Waals surface area contributed by atoms with Crippen LogP contribution in [0.15, 0.2) is 29.6 Å². The van der Waals surface area contributed by atoms with E-state index in [4.69, 9.17) is 0 Å². The van der Waals surface area contributed by atoms with Crippen molar-refractivity contribution in [2.45, 2.75) is 31.3 Å². The molecule has 1 aliphatic rings. The van der Waals surface area contributed by atoms with Gasteiger partial charge in [0.1, 0.15) is 0 Å². The van der Waals surface area contributed by atoms with Crippen molar-refractivity contribution in [1.29, 1.82) is 0 Å². The lowest BCUT2D eigenvalue weighted by Gasteiger charge is -2.17. The fourth-order valence-electron chi connectivity index (χ4n) is 2.41. The molecule has 1 heterocycles. The maximum atomic E-state index is 9.88. The van der Waals surface area contributed by atoms with Gasteiger partial charge in [-0.25, -0.2) is 0 Å². The van der Waals surface area contributed by atoms with Crippen molar-refractivity contribution in [3.05, 3.63) is 35.2 Å². The number of aliphatic hydroxyl groups is 1. The Balaban J connectivity index is 2.20. The second-order valence-electron chi connectivity index (χ2n) is 4.48. The zero-order chi connectivity index (χ0) is 10.5. The maximum absolute atomic E-state index is 9.88. The summed E-state index contributed by atoms with van der Waals surface area (Å²) in [5.41, 5.74) is 1.43. The Labute approximate surface area is 93.4 Å². The molecule has 1 nitrogen and oxygen atoms in total. The monoisotopic (exact) mass is 218 g/mol. The molecule has 1 aliphatic carbocycles. The third kappa shape index (κ3) is 1.25. The molecule has 1 fully saturated rings. The summed E-state index contributed by atoms with van der Waals surface area (Å²) < 4.78 is 1.33. The Hall–Kier alpha value is -0.860. The van der Waals surface area contributed by atoms with E-state index in [0.29, 0.717) is 0 Å². The Morgan fingerprint density at radius 3 is 2.73 bits per heavy atom. The predicted octanol–water partition coefficient (Wildman–Crippen LogP) is 3.31. The molecule has 0 aliphatic heterocycles. The van der Waals surface area contributed by atoms with Crippen LogP contribution >= 0.6 is 11.3 Å². The number of thiophene rings is 1. The van der Waals surface area contributed by atoms with Crippen LogP contribution in [-0.4, -0.2) is 11.2 Å². The fourth-order valence-corrected chi connectivity index (χ4v) is 3.48. The minimum atomic E-state index is -0.226. The second-order valence-corrected chi connectivity index (χ2v) is 5.39. The topological polar surface area (TPSA) is 20.2 Å². The molecular weight excluding hydrogens is 204 g/mol. The van der Waals surface area contributed by atoms with Gasteiger partial charge in [-0.1, -0.05) is 18.2 Å². The summed E-state index contributed by atoms with van der Waals surface area (Å²) in [7, 11) is 0. The van der Waals surface area contributed by atoms with Gasteiger partial charge in [-0.05, 0) is 42.2 Å². The van der Waals surface area contributed by atoms with E-state index < -0.39 is 0 Å². The molecule has 78 valence electrons. The van der Waals surface area contributed by atoms with Gasteiger partial charge >= 0.3 is 0 Å². The summed E-state index contributed by atoms with van der Waals surface area (Å²) >= 11 is 1.79. The normalized spacial score (nSPS) is 20.4. The zero-order valence-corrected chi connectivity index (χ0v) is 9.55. The van der Waals surface area contributed by atoms with Crippen molar-refractivity contribution >= 4 is 21.4 Å². The Kier molecular flexibility index (Phi) is 1.91. The van der Waals surface area contributed by atoms with Gasteiger partial charge in [0.15, 0.2) is 0 Å². The van der Waals surface area contributed by atoms with E-state index in [1.807, 2.05) is 6.92 Å². The Morgan fingerprint density at radius 2 is 2.07 bits per heavy atom. The van der Waals surface area contributed by atoms with Crippen LogP contribution in [0, 0.1) is 0 Å². The summed E-state index contributed by atoms with van der Waals surface area (Å²) in [4.78, 5) is 0. The number of rotatable bonds is 2. The van der Waals surface area contributed by atoms with Crippen LogP contribution in [0.1, 0.15) is 25.3 Å². The number of hydrogen-bond acceptors (Lipinski definition) is 2. The van der Waals surface area contributed by atoms with Gasteiger partial charge in [0.25, 0.3) is 0 Å². The molecule has 0 bridgehead atoms. The summed E-state index contributed by atoms with van der Waals surface area (Å²) in [5, 5.41) is 13.4. The molecule has 1 aromatic carbocycles. The quantitative estimate of drug-likeness (QED) is 0.820. The lowest BCUT2D eigenvalue weighted by Crippen LogP contribution is -2.21. The number of benzene rings is 1. The van der Waals surface area contributed by atoms with E-state index in [-0.39, 0.29) is 11.5 Å². The molecule has 0 radical (unpaired) electrons. The van der Waals surface area contributed by atoms with Crippen molar-refractivity contribution in [1.82, 2.24) is 0 Å². The number of aliphatic hydroxyl groups excluding tert-OH is 1. The molecule has 0 saturated heterocycles. The third-order valence-corrected chi connectivity index (χ3v) is 4.57. The van der Waals surface area contributed by atoms with Crippen molar-refractivity contribution in [2.75, 3.05) is 0 Å². The molecule has 1 N–H and O–H groups in total. The molecule has 15 heavy (non-hydrogen) atoms. The van der Waals surface area contributed by atoms with E-state index in [2.05, 4.69) is 29.6 Å². The van der Waals surface area contributed by atoms with E-state index in [9.17, 15) is 5.11 Å². The largest absolute Gasteiger partial charge is 0.392 e. The SMILES string of the molecule is CC(O)C1(c2csc3ccccc23)CC1. The fraction of sp³-hybridized carbons (Fsp3) is 0.385. The van der Waals surface area contributed by atoms with Gasteiger partial charge < -0.3 is 5.11 Å². The van der Waals surface area contributed by atoms with Crippen LogP contribution in [0.3, 0.4) is 0 Å². The van der Waals surface area contributed by atoms with E-state index >= 15 is 0 Å². The predicted molar refractivity (Wildman–Crippen MR) is 64.4 cm³/mol. The molecule has 1 atom stereocenters. The average Bonchev–Trinajstić information content (AvgIpc) is 2.93. The molecule has 0 spiro atoms. The van der Waals surface area contributed by atoms with E-state index in [1.165, 1.54) is 15.6 Å². The summed E-state index contributed by atoms with van der Waals surface area (Å²) in [6.07, 6.45) is 2.03. The van der Waals surface area contributed by atoms with Crippen molar-refractivity contribution in [3.63, 3.8) is 0 Å². The smallest absolute Gasteiger partial charge is 0.0609 e. The molecule has 1 unspecified atom stereocenters. The first-order valence-electron chi connectivity index (χ1n) is 5.39. The van der Waals surface area contributed by atoms with Gasteiger partial charge in [0.05, 0.1) is 6.10 Å². The van der Waals surface area contributed by atoms with Crippen LogP contribution in [0.4, 0.5) is 0 Å². The lowest BCUT2D eigenvalue weighted by atomic mass is 9.91. The summed E-state index contributed by atoms with van der Waals surface area (Å²) in [6.45, 7) is 1.92. The van der Waals surface area contributed by atoms with Gasteiger partial charge in [-0.2, -0.15) is 0 Å². The first kappa shape index (κ1) is 9.37. The highest BCUT2D eigenvalue weighted by atomic mass is 32.1. The third-order valence-electron chi connectivity index (χ3n) is 3.61. The molecular formula is C13H14OS. The Bertz CT molecular complexity index is 494. The van der Waals surface area contributed by atoms with E-state index in [0.717, 1.165) is 12.8 Å². The highest BCUT2D eigenvalue weighted by Crippen LogP contribution is 2.53. The summed E-state index contributed by atoms with van der Waals surface area (Å²) in [5.74, 6) is 0. The van der Waals surface area contributed by atoms with Crippen molar-refractivity contribution in [2.24, 2.45) is 0 Å². The van der Waals surface area contributed by atoms with Crippen molar-refractivity contribution in [3.8, 4) is 0 Å². The van der Waals surface area contributed by atoms with Crippen LogP contribution in [0.25, 0.3) is 10.1 Å². The van der Waals surface area contributed by atoms with Crippen LogP contribution < -0.4 is 0 Å². The molecule has 2 heteroatoms. The number of fused-ring (bicyclic) bond motifs is 1. The van der Waals surface area contributed by atoms with Crippen molar-refractivity contribution < 1.29 is 5.11 Å². The van der Waals surface area contributed by atoms with Gasteiger partial charge in [-0.3, -0.25) is 0 Å². The van der Waals surface area contributed by atoms with Crippen LogP contribution in [0.2, 0.25) is 0 Å².